The van der Waals surface area contributed by atoms with E-state index < -0.39 is 0 Å². The fraction of sp³-hybridized carbons (Fsp3) is 0. The van der Waals surface area contributed by atoms with Crippen LogP contribution >= 0.6 is 22.7 Å². The summed E-state index contributed by atoms with van der Waals surface area (Å²) in [5, 5.41) is 8.89. The molecule has 5 heteroatoms. The maximum absolute atomic E-state index is 4.62. The summed E-state index contributed by atoms with van der Waals surface area (Å²) in [6.07, 6.45) is 7.72. The molecule has 3 aromatic carbocycles. The van der Waals surface area contributed by atoms with Crippen LogP contribution in [0, 0.1) is 0 Å². The van der Waals surface area contributed by atoms with Crippen LogP contribution in [0.4, 0.5) is 0 Å². The first kappa shape index (κ1) is 16.2. The molecule has 31 heavy (non-hydrogen) atoms. The van der Waals surface area contributed by atoms with Crippen LogP contribution in [-0.2, 0) is 0 Å². The Balaban J connectivity index is 1.59. The first-order chi connectivity index (χ1) is 15.3. The van der Waals surface area contributed by atoms with Crippen LogP contribution in [0.15, 0.2) is 79.4 Å². The van der Waals surface area contributed by atoms with Crippen LogP contribution in [0.1, 0.15) is 0 Å². The molecule has 0 atom stereocenters. The Morgan fingerprint density at radius 1 is 0.613 bits per heavy atom. The molecule has 5 heterocycles. The molecule has 0 bridgehead atoms. The molecule has 0 aliphatic rings. The number of aromatic nitrogens is 3. The minimum atomic E-state index is 0.959. The lowest BCUT2D eigenvalue weighted by Gasteiger charge is -2.08. The average molecular weight is 432 g/mol. The quantitative estimate of drug-likeness (QED) is 0.230. The van der Waals surface area contributed by atoms with Gasteiger partial charge in [0.25, 0.3) is 0 Å². The molecule has 0 fully saturated rings. The lowest BCUT2D eigenvalue weighted by molar-refractivity contribution is 1.27. The highest BCUT2D eigenvalue weighted by atomic mass is 32.1. The van der Waals surface area contributed by atoms with Crippen molar-refractivity contribution in [2.24, 2.45) is 0 Å². The molecule has 5 aromatic heterocycles. The minimum absolute atomic E-state index is 0.959. The average Bonchev–Trinajstić information content (AvgIpc) is 3.51. The van der Waals surface area contributed by atoms with Gasteiger partial charge in [-0.1, -0.05) is 18.2 Å². The lowest BCUT2D eigenvalue weighted by atomic mass is 10.0. The van der Waals surface area contributed by atoms with Gasteiger partial charge < -0.3 is 0 Å². The summed E-state index contributed by atoms with van der Waals surface area (Å²) in [5.74, 6) is 0. The number of pyridine rings is 2. The second kappa shape index (κ2) is 5.58. The smallest absolute Gasteiger partial charge is 0.146 e. The van der Waals surface area contributed by atoms with Crippen LogP contribution in [-0.4, -0.2) is 14.4 Å². The van der Waals surface area contributed by atoms with E-state index in [1.807, 2.05) is 41.3 Å². The van der Waals surface area contributed by atoms with Gasteiger partial charge in [-0.25, -0.2) is 4.98 Å². The van der Waals surface area contributed by atoms with E-state index in [-0.39, 0.29) is 0 Å². The van der Waals surface area contributed by atoms with Crippen molar-refractivity contribution in [3.8, 4) is 0 Å². The summed E-state index contributed by atoms with van der Waals surface area (Å²) in [4.78, 5) is 8.97. The molecule has 8 rings (SSSR count). The van der Waals surface area contributed by atoms with E-state index in [9.17, 15) is 0 Å². The van der Waals surface area contributed by atoms with Crippen molar-refractivity contribution in [2.75, 3.05) is 0 Å². The van der Waals surface area contributed by atoms with Gasteiger partial charge in [0, 0.05) is 75.9 Å². The number of nitrogens with zero attached hydrogens (tertiary/aromatic N) is 3. The number of hydrogen-bond acceptors (Lipinski definition) is 4. The number of fused-ring (bicyclic) bond motifs is 12. The predicted octanol–water partition coefficient (Wildman–Crippen LogP) is 7.77. The summed E-state index contributed by atoms with van der Waals surface area (Å²) in [6.45, 7) is 0. The number of benzene rings is 3. The maximum Gasteiger partial charge on any atom is 0.146 e. The Bertz CT molecular complexity index is 2010. The van der Waals surface area contributed by atoms with E-state index >= 15 is 0 Å². The van der Waals surface area contributed by atoms with Crippen LogP contribution in [0.25, 0.3) is 67.7 Å². The summed E-state index contributed by atoms with van der Waals surface area (Å²) >= 11 is 3.77. The zero-order chi connectivity index (χ0) is 20.1. The highest BCUT2D eigenvalue weighted by molar-refractivity contribution is 7.28. The molecular weight excluding hydrogens is 418 g/mol. The third kappa shape index (κ3) is 2.02. The number of imidazole rings is 1. The van der Waals surface area contributed by atoms with Gasteiger partial charge in [-0.15, -0.1) is 22.7 Å². The molecule has 0 saturated heterocycles. The van der Waals surface area contributed by atoms with Crippen LogP contribution in [0.5, 0.6) is 0 Å². The second-order valence-electron chi connectivity index (χ2n) is 7.95. The third-order valence-electron chi connectivity index (χ3n) is 6.34. The van der Waals surface area contributed by atoms with Gasteiger partial charge in [0.2, 0.25) is 0 Å². The summed E-state index contributed by atoms with van der Waals surface area (Å²) < 4.78 is 7.57. The molecule has 0 N–H and O–H groups in total. The molecular formula is C26H13N3S2. The van der Waals surface area contributed by atoms with Gasteiger partial charge >= 0.3 is 0 Å². The fourth-order valence-corrected chi connectivity index (χ4v) is 7.30. The lowest BCUT2D eigenvalue weighted by Crippen LogP contribution is -1.90. The Hall–Kier alpha value is -3.54. The van der Waals surface area contributed by atoms with Crippen molar-refractivity contribution in [1.82, 2.24) is 14.4 Å². The van der Waals surface area contributed by atoms with Crippen molar-refractivity contribution < 1.29 is 0 Å². The Morgan fingerprint density at radius 2 is 1.42 bits per heavy atom. The van der Waals surface area contributed by atoms with Crippen molar-refractivity contribution in [3.63, 3.8) is 0 Å². The fourth-order valence-electron chi connectivity index (χ4n) is 4.95. The summed E-state index contributed by atoms with van der Waals surface area (Å²) in [6, 6.07) is 20.3. The van der Waals surface area contributed by atoms with Gasteiger partial charge in [-0.05, 0) is 41.8 Å². The van der Waals surface area contributed by atoms with Crippen LogP contribution < -0.4 is 0 Å². The Kier molecular flexibility index (Phi) is 2.91. The molecule has 0 spiro atoms. The Labute approximate surface area is 183 Å². The van der Waals surface area contributed by atoms with Crippen molar-refractivity contribution in [2.45, 2.75) is 0 Å². The van der Waals surface area contributed by atoms with E-state index in [0.29, 0.717) is 0 Å². The van der Waals surface area contributed by atoms with Gasteiger partial charge in [-0.3, -0.25) is 9.38 Å². The maximum atomic E-state index is 4.62. The van der Waals surface area contributed by atoms with E-state index in [2.05, 4.69) is 75.2 Å². The molecule has 3 nitrogen and oxygen atoms in total. The largest absolute Gasteiger partial charge is 0.299 e. The molecule has 0 saturated carbocycles. The van der Waals surface area contributed by atoms with E-state index in [1.165, 1.54) is 56.6 Å². The van der Waals surface area contributed by atoms with Crippen LogP contribution in [0.3, 0.4) is 0 Å². The zero-order valence-electron chi connectivity index (χ0n) is 16.2. The monoisotopic (exact) mass is 431 g/mol. The van der Waals surface area contributed by atoms with E-state index in [1.54, 1.807) is 0 Å². The topological polar surface area (TPSA) is 30.2 Å². The first-order valence-electron chi connectivity index (χ1n) is 10.2. The number of thiophene rings is 2. The third-order valence-corrected chi connectivity index (χ3v) is 8.59. The van der Waals surface area contributed by atoms with Gasteiger partial charge in [0.15, 0.2) is 0 Å². The molecule has 0 aliphatic carbocycles. The number of rotatable bonds is 0. The predicted molar refractivity (Wildman–Crippen MR) is 134 cm³/mol. The second-order valence-corrected chi connectivity index (χ2v) is 10.1. The van der Waals surface area contributed by atoms with Crippen molar-refractivity contribution in [1.29, 1.82) is 0 Å². The molecule has 144 valence electrons. The standard InChI is InChI=1S/C26H13N3S2/c1-2-4-22-15(3-1)17-9-18-19-10-21-16(11-23(19)31-25(18)12-24(17)30-22)14-5-6-27-13-20(14)26-28-7-8-29(21)26/h1-13H. The zero-order valence-corrected chi connectivity index (χ0v) is 17.8. The highest BCUT2D eigenvalue weighted by Gasteiger charge is 2.15. The first-order valence-corrected chi connectivity index (χ1v) is 11.8. The molecule has 0 radical (unpaired) electrons. The normalized spacial score (nSPS) is 12.5. The molecule has 0 amide bonds. The SMILES string of the molecule is c1ccc2c(c1)sc1cc3sc4cc5c6ccncc6c6nccn6c5cc4c3cc12. The van der Waals surface area contributed by atoms with Gasteiger partial charge in [-0.2, -0.15) is 0 Å². The summed E-state index contributed by atoms with van der Waals surface area (Å²) in [5.41, 5.74) is 2.15. The molecule has 8 aromatic rings. The van der Waals surface area contributed by atoms with Crippen molar-refractivity contribution in [3.05, 3.63) is 79.4 Å². The minimum Gasteiger partial charge on any atom is -0.299 e. The van der Waals surface area contributed by atoms with E-state index in [0.717, 1.165) is 11.0 Å². The molecule has 0 aliphatic heterocycles. The number of hydrogen-bond donors (Lipinski definition) is 0. The molecule has 0 unspecified atom stereocenters. The van der Waals surface area contributed by atoms with Gasteiger partial charge in [0.1, 0.15) is 5.65 Å². The van der Waals surface area contributed by atoms with E-state index in [4.69, 9.17) is 0 Å². The van der Waals surface area contributed by atoms with Crippen molar-refractivity contribution >= 4 is 90.3 Å². The highest BCUT2D eigenvalue weighted by Crippen LogP contribution is 2.43. The van der Waals surface area contributed by atoms with Gasteiger partial charge in [0.05, 0.1) is 5.52 Å². The Morgan fingerprint density at radius 3 is 2.39 bits per heavy atom. The summed E-state index contributed by atoms with van der Waals surface area (Å²) in [7, 11) is 0. The van der Waals surface area contributed by atoms with Crippen LogP contribution in [0.2, 0.25) is 0 Å².